The second-order valence-electron chi connectivity index (χ2n) is 4.11. The van der Waals surface area contributed by atoms with Crippen LogP contribution in [0.5, 0.6) is 0 Å². The fourth-order valence-corrected chi connectivity index (χ4v) is 2.06. The van der Waals surface area contributed by atoms with Crippen molar-refractivity contribution in [1.82, 2.24) is 4.98 Å². The Morgan fingerprint density at radius 2 is 2.19 bits per heavy atom. The van der Waals surface area contributed by atoms with Crippen LogP contribution in [-0.2, 0) is 6.54 Å². The number of rotatable bonds is 4. The van der Waals surface area contributed by atoms with Gasteiger partial charge in [0.05, 0.1) is 15.7 Å². The molecule has 2 N–H and O–H groups in total. The van der Waals surface area contributed by atoms with Crippen molar-refractivity contribution in [3.05, 3.63) is 57.6 Å². The van der Waals surface area contributed by atoms with Gasteiger partial charge in [-0.25, -0.2) is 14.2 Å². The molecule has 0 aliphatic rings. The maximum Gasteiger partial charge on any atom is 0.354 e. The van der Waals surface area contributed by atoms with E-state index in [1.165, 1.54) is 24.4 Å². The summed E-state index contributed by atoms with van der Waals surface area (Å²) in [6.07, 6.45) is 1.41. The molecule has 5 nitrogen and oxygen atoms in total. The molecule has 1 heterocycles. The van der Waals surface area contributed by atoms with Gasteiger partial charge in [-0.05, 0) is 39.7 Å². The van der Waals surface area contributed by atoms with Gasteiger partial charge in [0.1, 0.15) is 11.8 Å². The van der Waals surface area contributed by atoms with Gasteiger partial charge in [-0.2, -0.15) is 5.26 Å². The maximum absolute atomic E-state index is 14.0. The molecule has 21 heavy (non-hydrogen) atoms. The zero-order valence-corrected chi connectivity index (χ0v) is 12.2. The zero-order chi connectivity index (χ0) is 15.4. The van der Waals surface area contributed by atoms with Gasteiger partial charge in [-0.3, -0.25) is 0 Å². The molecule has 7 heteroatoms. The van der Waals surface area contributed by atoms with Crippen LogP contribution < -0.4 is 5.32 Å². The van der Waals surface area contributed by atoms with Crippen LogP contribution in [0.2, 0.25) is 0 Å². The van der Waals surface area contributed by atoms with Gasteiger partial charge in [-0.1, -0.05) is 6.07 Å². The van der Waals surface area contributed by atoms with E-state index in [1.54, 1.807) is 6.07 Å². The van der Waals surface area contributed by atoms with E-state index in [2.05, 4.69) is 26.2 Å². The van der Waals surface area contributed by atoms with Crippen LogP contribution in [0.3, 0.4) is 0 Å². The second-order valence-corrected chi connectivity index (χ2v) is 4.90. The minimum atomic E-state index is -1.10. The number of nitriles is 1. The quantitative estimate of drug-likeness (QED) is 0.885. The van der Waals surface area contributed by atoms with E-state index in [-0.39, 0.29) is 28.0 Å². The molecular weight excluding hydrogens is 341 g/mol. The Kier molecular flexibility index (Phi) is 4.50. The fourth-order valence-electron chi connectivity index (χ4n) is 1.63. The lowest BCUT2D eigenvalue weighted by Crippen LogP contribution is -2.05. The topological polar surface area (TPSA) is 86.0 Å². The number of carbonyl (C=O) groups is 1. The molecule has 1 aromatic carbocycles. The van der Waals surface area contributed by atoms with Gasteiger partial charge in [-0.15, -0.1) is 0 Å². The summed E-state index contributed by atoms with van der Waals surface area (Å²) in [5.41, 5.74) is 1.11. The number of aromatic carboxylic acids is 1. The fraction of sp³-hybridized carbons (Fsp3) is 0.0714. The van der Waals surface area contributed by atoms with Crippen LogP contribution in [0, 0.1) is 17.1 Å². The Balaban J connectivity index is 2.12. The molecule has 0 saturated carbocycles. The predicted molar refractivity (Wildman–Crippen MR) is 77.3 cm³/mol. The molecule has 2 rings (SSSR count). The Morgan fingerprint density at radius 3 is 2.76 bits per heavy atom. The first-order chi connectivity index (χ1) is 10.0. The Hall–Kier alpha value is -2.46. The molecule has 2 aromatic rings. The lowest BCUT2D eigenvalue weighted by Gasteiger charge is -2.09. The van der Waals surface area contributed by atoms with Crippen LogP contribution in [0.15, 0.2) is 34.9 Å². The number of benzene rings is 1. The minimum Gasteiger partial charge on any atom is -0.477 e. The van der Waals surface area contributed by atoms with E-state index in [0.717, 1.165) is 0 Å². The zero-order valence-electron chi connectivity index (χ0n) is 10.6. The van der Waals surface area contributed by atoms with E-state index in [9.17, 15) is 9.18 Å². The summed E-state index contributed by atoms with van der Waals surface area (Å²) >= 11 is 3.03. The van der Waals surface area contributed by atoms with Crippen molar-refractivity contribution < 1.29 is 14.3 Å². The van der Waals surface area contributed by atoms with E-state index in [0.29, 0.717) is 5.56 Å². The smallest absolute Gasteiger partial charge is 0.354 e. The summed E-state index contributed by atoms with van der Waals surface area (Å²) in [4.78, 5) is 14.4. The van der Waals surface area contributed by atoms with Crippen molar-refractivity contribution in [2.75, 3.05) is 5.32 Å². The summed E-state index contributed by atoms with van der Waals surface area (Å²) in [5, 5.41) is 20.4. The number of halogens is 2. The molecular formula is C14H9BrFN3O2. The first-order valence-corrected chi connectivity index (χ1v) is 6.62. The maximum atomic E-state index is 14.0. The van der Waals surface area contributed by atoms with E-state index < -0.39 is 11.8 Å². The normalized spacial score (nSPS) is 9.95. The number of nitrogens with zero attached hydrogens (tertiary/aromatic N) is 2. The molecule has 0 fully saturated rings. The number of nitrogens with one attached hydrogen (secondary N) is 1. The van der Waals surface area contributed by atoms with Crippen molar-refractivity contribution in [2.45, 2.75) is 6.54 Å². The van der Waals surface area contributed by atoms with Crippen molar-refractivity contribution in [2.24, 2.45) is 0 Å². The van der Waals surface area contributed by atoms with E-state index >= 15 is 0 Å². The highest BCUT2D eigenvalue weighted by Gasteiger charge is 2.11. The van der Waals surface area contributed by atoms with Gasteiger partial charge < -0.3 is 10.4 Å². The predicted octanol–water partition coefficient (Wildman–Crippen LogP) is 3.17. The lowest BCUT2D eigenvalue weighted by atomic mass is 10.2. The number of anilines is 1. The summed E-state index contributed by atoms with van der Waals surface area (Å²) in [6.45, 7) is 0.280. The van der Waals surface area contributed by atoms with Crippen LogP contribution in [0.4, 0.5) is 10.1 Å². The van der Waals surface area contributed by atoms with Crippen LogP contribution >= 0.6 is 15.9 Å². The summed E-state index contributed by atoms with van der Waals surface area (Å²) in [7, 11) is 0. The van der Waals surface area contributed by atoms with Gasteiger partial charge in [0.2, 0.25) is 0 Å². The van der Waals surface area contributed by atoms with Crippen molar-refractivity contribution in [3.63, 3.8) is 0 Å². The molecule has 0 spiro atoms. The molecule has 0 bridgehead atoms. The Bertz CT molecular complexity index is 726. The third kappa shape index (κ3) is 3.35. The number of carboxylic acid groups (broad SMARTS) is 1. The van der Waals surface area contributed by atoms with Crippen molar-refractivity contribution >= 4 is 27.6 Å². The largest absolute Gasteiger partial charge is 0.477 e. The number of pyridine rings is 1. The van der Waals surface area contributed by atoms with Crippen molar-refractivity contribution in [3.8, 4) is 6.07 Å². The van der Waals surface area contributed by atoms with Crippen LogP contribution in [0.25, 0.3) is 0 Å². The van der Waals surface area contributed by atoms with Gasteiger partial charge in [0.15, 0.2) is 5.82 Å². The Labute approximate surface area is 128 Å². The van der Waals surface area contributed by atoms with Gasteiger partial charge >= 0.3 is 5.97 Å². The molecule has 0 amide bonds. The van der Waals surface area contributed by atoms with E-state index in [4.69, 9.17) is 10.4 Å². The number of carboxylic acids is 1. The number of aromatic nitrogens is 1. The monoisotopic (exact) mass is 349 g/mol. The standard InChI is InChI=1S/C14H9BrFN3O2/c15-12-9(5-17)2-4-10(13(12)16)18-6-8-1-3-11(14(20)21)19-7-8/h1-4,7,18H,6H2,(H,20,21). The highest BCUT2D eigenvalue weighted by atomic mass is 79.9. The lowest BCUT2D eigenvalue weighted by molar-refractivity contribution is 0.0690. The summed E-state index contributed by atoms with van der Waals surface area (Å²) in [5.74, 6) is -1.65. The first kappa shape index (κ1) is 14.9. The SMILES string of the molecule is N#Cc1ccc(NCc2ccc(C(=O)O)nc2)c(F)c1Br. The van der Waals surface area contributed by atoms with Crippen LogP contribution in [-0.4, -0.2) is 16.1 Å². The molecule has 0 aliphatic carbocycles. The highest BCUT2D eigenvalue weighted by molar-refractivity contribution is 9.10. The molecule has 0 atom stereocenters. The van der Waals surface area contributed by atoms with Crippen LogP contribution in [0.1, 0.15) is 21.6 Å². The highest BCUT2D eigenvalue weighted by Crippen LogP contribution is 2.26. The molecule has 106 valence electrons. The third-order valence-electron chi connectivity index (χ3n) is 2.73. The average molecular weight is 350 g/mol. The van der Waals surface area contributed by atoms with E-state index in [1.807, 2.05) is 6.07 Å². The molecule has 0 unspecified atom stereocenters. The second kappa shape index (κ2) is 6.33. The molecule has 0 aliphatic heterocycles. The summed E-state index contributed by atoms with van der Waals surface area (Å²) < 4.78 is 14.1. The first-order valence-electron chi connectivity index (χ1n) is 5.83. The third-order valence-corrected chi connectivity index (χ3v) is 3.50. The minimum absolute atomic E-state index is 0.0500. The van der Waals surface area contributed by atoms with Gasteiger partial charge in [0.25, 0.3) is 0 Å². The Morgan fingerprint density at radius 1 is 1.43 bits per heavy atom. The molecule has 0 radical (unpaired) electrons. The number of hydrogen-bond acceptors (Lipinski definition) is 4. The van der Waals surface area contributed by atoms with Gasteiger partial charge in [0, 0.05) is 12.7 Å². The summed E-state index contributed by atoms with van der Waals surface area (Å²) in [6, 6.07) is 7.82. The number of hydrogen-bond donors (Lipinski definition) is 2. The average Bonchev–Trinajstić information content (AvgIpc) is 2.49. The van der Waals surface area contributed by atoms with Crippen molar-refractivity contribution in [1.29, 1.82) is 5.26 Å². The molecule has 0 saturated heterocycles. The molecule has 1 aromatic heterocycles.